The first kappa shape index (κ1) is 22.0. The SMILES string of the molecule is CCC(C(=O)NC)N(Cc1cccc(C)c1)C(=O)CSCc1ccc(F)cc1. The van der Waals surface area contributed by atoms with Crippen molar-refractivity contribution < 1.29 is 14.0 Å². The summed E-state index contributed by atoms with van der Waals surface area (Å²) < 4.78 is 13.0. The van der Waals surface area contributed by atoms with Gasteiger partial charge in [0.05, 0.1) is 5.75 Å². The number of hydrogen-bond acceptors (Lipinski definition) is 3. The van der Waals surface area contributed by atoms with E-state index in [9.17, 15) is 14.0 Å². The van der Waals surface area contributed by atoms with Crippen LogP contribution in [0.3, 0.4) is 0 Å². The summed E-state index contributed by atoms with van der Waals surface area (Å²) >= 11 is 1.46. The second-order valence-electron chi connectivity index (χ2n) is 6.67. The Balaban J connectivity index is 2.08. The van der Waals surface area contributed by atoms with Crippen molar-refractivity contribution >= 4 is 23.6 Å². The highest BCUT2D eigenvalue weighted by atomic mass is 32.2. The molecule has 150 valence electrons. The second-order valence-corrected chi connectivity index (χ2v) is 7.65. The van der Waals surface area contributed by atoms with Crippen LogP contribution in [0.25, 0.3) is 0 Å². The van der Waals surface area contributed by atoms with Crippen molar-refractivity contribution in [2.45, 2.75) is 38.6 Å². The lowest BCUT2D eigenvalue weighted by atomic mass is 10.1. The van der Waals surface area contributed by atoms with Crippen molar-refractivity contribution in [1.82, 2.24) is 10.2 Å². The first-order valence-corrected chi connectivity index (χ1v) is 10.5. The highest BCUT2D eigenvalue weighted by molar-refractivity contribution is 7.99. The van der Waals surface area contributed by atoms with Gasteiger partial charge in [0.1, 0.15) is 11.9 Å². The highest BCUT2D eigenvalue weighted by Crippen LogP contribution is 2.18. The molecule has 0 spiro atoms. The Bertz CT molecular complexity index is 795. The van der Waals surface area contributed by atoms with Crippen LogP contribution in [-0.2, 0) is 21.9 Å². The number of amides is 2. The van der Waals surface area contributed by atoms with E-state index in [0.717, 1.165) is 16.7 Å². The maximum Gasteiger partial charge on any atom is 0.242 e. The van der Waals surface area contributed by atoms with Gasteiger partial charge in [0.15, 0.2) is 0 Å². The molecule has 4 nitrogen and oxygen atoms in total. The van der Waals surface area contributed by atoms with Gasteiger partial charge in [-0.1, -0.05) is 48.9 Å². The summed E-state index contributed by atoms with van der Waals surface area (Å²) in [6.07, 6.45) is 0.542. The fourth-order valence-corrected chi connectivity index (χ4v) is 3.88. The molecule has 0 saturated heterocycles. The van der Waals surface area contributed by atoms with Crippen LogP contribution in [0, 0.1) is 12.7 Å². The Hall–Kier alpha value is -2.34. The Kier molecular flexibility index (Phi) is 8.51. The molecule has 1 unspecified atom stereocenters. The summed E-state index contributed by atoms with van der Waals surface area (Å²) in [6, 6.07) is 13.7. The molecule has 6 heteroatoms. The average Bonchev–Trinajstić information content (AvgIpc) is 2.69. The Morgan fingerprint density at radius 3 is 2.46 bits per heavy atom. The van der Waals surface area contributed by atoms with Crippen molar-refractivity contribution in [3.63, 3.8) is 0 Å². The van der Waals surface area contributed by atoms with E-state index in [1.807, 2.05) is 38.1 Å². The topological polar surface area (TPSA) is 49.4 Å². The third-order valence-electron chi connectivity index (χ3n) is 4.48. The molecular formula is C22H27FN2O2S. The van der Waals surface area contributed by atoms with E-state index >= 15 is 0 Å². The lowest BCUT2D eigenvalue weighted by Gasteiger charge is -2.30. The molecule has 0 bridgehead atoms. The number of benzene rings is 2. The smallest absolute Gasteiger partial charge is 0.242 e. The summed E-state index contributed by atoms with van der Waals surface area (Å²) in [5, 5.41) is 2.66. The number of carbonyl (C=O) groups is 2. The zero-order valence-corrected chi connectivity index (χ0v) is 17.4. The van der Waals surface area contributed by atoms with Gasteiger partial charge in [0, 0.05) is 19.3 Å². The number of aryl methyl sites for hydroxylation is 1. The fraction of sp³-hybridized carbons (Fsp3) is 0.364. The van der Waals surface area contributed by atoms with Gasteiger partial charge in [-0.15, -0.1) is 11.8 Å². The van der Waals surface area contributed by atoms with Gasteiger partial charge < -0.3 is 10.2 Å². The molecule has 1 N–H and O–H groups in total. The van der Waals surface area contributed by atoms with Crippen molar-refractivity contribution in [1.29, 1.82) is 0 Å². The molecule has 0 heterocycles. The van der Waals surface area contributed by atoms with Crippen LogP contribution in [0.4, 0.5) is 4.39 Å². The lowest BCUT2D eigenvalue weighted by Crippen LogP contribution is -2.48. The molecule has 0 aromatic heterocycles. The van der Waals surface area contributed by atoms with Crippen LogP contribution in [0.1, 0.15) is 30.0 Å². The van der Waals surface area contributed by atoms with Gasteiger partial charge in [-0.25, -0.2) is 4.39 Å². The Labute approximate surface area is 170 Å². The van der Waals surface area contributed by atoms with Crippen LogP contribution < -0.4 is 5.32 Å². The van der Waals surface area contributed by atoms with Crippen LogP contribution >= 0.6 is 11.8 Å². The van der Waals surface area contributed by atoms with E-state index in [-0.39, 0.29) is 23.4 Å². The van der Waals surface area contributed by atoms with Crippen LogP contribution in [0.2, 0.25) is 0 Å². The maximum atomic E-state index is 13.0. The summed E-state index contributed by atoms with van der Waals surface area (Å²) in [4.78, 5) is 26.9. The van der Waals surface area contributed by atoms with E-state index in [4.69, 9.17) is 0 Å². The third-order valence-corrected chi connectivity index (χ3v) is 5.46. The van der Waals surface area contributed by atoms with Gasteiger partial charge in [-0.05, 0) is 36.6 Å². The minimum atomic E-state index is -0.510. The van der Waals surface area contributed by atoms with E-state index < -0.39 is 6.04 Å². The number of nitrogens with one attached hydrogen (secondary N) is 1. The molecule has 0 aliphatic rings. The zero-order valence-electron chi connectivity index (χ0n) is 16.6. The van der Waals surface area contributed by atoms with Gasteiger partial charge in [0.25, 0.3) is 0 Å². The van der Waals surface area contributed by atoms with E-state index in [0.29, 0.717) is 18.7 Å². The van der Waals surface area contributed by atoms with Crippen LogP contribution in [0.5, 0.6) is 0 Å². The van der Waals surface area contributed by atoms with Gasteiger partial charge >= 0.3 is 0 Å². The van der Waals surface area contributed by atoms with Crippen molar-refractivity contribution in [3.8, 4) is 0 Å². The minimum absolute atomic E-state index is 0.0796. The molecule has 2 aromatic carbocycles. The van der Waals surface area contributed by atoms with Gasteiger partial charge in [-0.3, -0.25) is 9.59 Å². The third kappa shape index (κ3) is 6.37. The van der Waals surface area contributed by atoms with Gasteiger partial charge in [0.2, 0.25) is 11.8 Å². The standard InChI is InChI=1S/C22H27FN2O2S/c1-4-20(22(27)24-3)25(13-18-7-5-6-16(2)12-18)21(26)15-28-14-17-8-10-19(23)11-9-17/h5-12,20H,4,13-15H2,1-3H3,(H,24,27). The predicted molar refractivity (Wildman–Crippen MR) is 112 cm³/mol. The second kappa shape index (κ2) is 10.9. The Morgan fingerprint density at radius 1 is 1.14 bits per heavy atom. The van der Waals surface area contributed by atoms with Crippen molar-refractivity contribution in [2.75, 3.05) is 12.8 Å². The summed E-state index contributed by atoms with van der Waals surface area (Å²) in [5.41, 5.74) is 3.07. The zero-order chi connectivity index (χ0) is 20.5. The number of halogens is 1. The maximum absolute atomic E-state index is 13.0. The largest absolute Gasteiger partial charge is 0.357 e. The predicted octanol–water partition coefficient (Wildman–Crippen LogP) is 3.92. The molecule has 0 aliphatic heterocycles. The molecule has 1 atom stereocenters. The summed E-state index contributed by atoms with van der Waals surface area (Å²) in [5.74, 6) is 0.360. The summed E-state index contributed by atoms with van der Waals surface area (Å²) in [7, 11) is 1.59. The van der Waals surface area contributed by atoms with Gasteiger partial charge in [-0.2, -0.15) is 0 Å². The Morgan fingerprint density at radius 2 is 1.86 bits per heavy atom. The molecule has 2 aromatic rings. The quantitative estimate of drug-likeness (QED) is 0.692. The first-order chi connectivity index (χ1) is 13.4. The van der Waals surface area contributed by atoms with E-state index in [1.165, 1.54) is 23.9 Å². The number of rotatable bonds is 9. The average molecular weight is 403 g/mol. The van der Waals surface area contributed by atoms with E-state index in [1.54, 1.807) is 24.1 Å². The van der Waals surface area contributed by atoms with Crippen molar-refractivity contribution in [3.05, 3.63) is 71.0 Å². The fourth-order valence-electron chi connectivity index (χ4n) is 3.01. The van der Waals surface area contributed by atoms with E-state index in [2.05, 4.69) is 5.32 Å². The number of likely N-dealkylation sites (N-methyl/N-ethyl adjacent to an activating group) is 1. The number of hydrogen-bond donors (Lipinski definition) is 1. The molecule has 0 radical (unpaired) electrons. The highest BCUT2D eigenvalue weighted by Gasteiger charge is 2.27. The van der Waals surface area contributed by atoms with Crippen molar-refractivity contribution in [2.24, 2.45) is 0 Å². The number of thioether (sulfide) groups is 1. The van der Waals surface area contributed by atoms with Crippen LogP contribution in [0.15, 0.2) is 48.5 Å². The monoisotopic (exact) mass is 402 g/mol. The lowest BCUT2D eigenvalue weighted by molar-refractivity contribution is -0.139. The normalized spacial score (nSPS) is 11.7. The number of nitrogens with zero attached hydrogens (tertiary/aromatic N) is 1. The first-order valence-electron chi connectivity index (χ1n) is 9.33. The molecule has 0 saturated carbocycles. The summed E-state index contributed by atoms with van der Waals surface area (Å²) in [6.45, 7) is 4.30. The molecule has 28 heavy (non-hydrogen) atoms. The molecule has 0 fully saturated rings. The molecule has 2 rings (SSSR count). The molecule has 0 aliphatic carbocycles. The molecular weight excluding hydrogens is 375 g/mol. The number of carbonyl (C=O) groups excluding carboxylic acids is 2. The van der Waals surface area contributed by atoms with Crippen LogP contribution in [-0.4, -0.2) is 35.6 Å². The minimum Gasteiger partial charge on any atom is -0.357 e. The molecule has 2 amide bonds.